The van der Waals surface area contributed by atoms with Crippen LogP contribution in [-0.2, 0) is 0 Å². The number of hydrogen-bond donors (Lipinski definition) is 1. The standard InChI is InChI=1S/C15H12Br2ClNO/c1-9(13-4-2-3-5-14(13)18)19-15(20)10-6-11(16)8-12(17)7-10/h2-9H,1H3,(H,19,20). The molecule has 0 heterocycles. The molecule has 1 atom stereocenters. The summed E-state index contributed by atoms with van der Waals surface area (Å²) in [5, 5.41) is 3.59. The van der Waals surface area contributed by atoms with Crippen LogP contribution in [0, 0.1) is 0 Å². The first-order chi connectivity index (χ1) is 9.47. The molecule has 2 rings (SSSR count). The normalized spacial score (nSPS) is 12.0. The minimum Gasteiger partial charge on any atom is -0.345 e. The first-order valence-corrected chi connectivity index (χ1v) is 7.95. The molecule has 2 aromatic carbocycles. The Morgan fingerprint density at radius 1 is 1.15 bits per heavy atom. The van der Waals surface area contributed by atoms with Gasteiger partial charge in [0.15, 0.2) is 0 Å². The number of benzene rings is 2. The molecule has 2 aromatic rings. The third kappa shape index (κ3) is 3.84. The third-order valence-electron chi connectivity index (χ3n) is 2.84. The zero-order chi connectivity index (χ0) is 14.7. The van der Waals surface area contributed by atoms with E-state index in [1.165, 1.54) is 0 Å². The van der Waals surface area contributed by atoms with Gasteiger partial charge in [0.25, 0.3) is 5.91 Å². The van der Waals surface area contributed by atoms with Crippen molar-refractivity contribution in [2.75, 3.05) is 0 Å². The minimum absolute atomic E-state index is 0.139. The smallest absolute Gasteiger partial charge is 0.251 e. The van der Waals surface area contributed by atoms with Gasteiger partial charge in [0.05, 0.1) is 6.04 Å². The molecule has 0 saturated carbocycles. The molecule has 0 aliphatic heterocycles. The van der Waals surface area contributed by atoms with Gasteiger partial charge in [-0.2, -0.15) is 0 Å². The maximum Gasteiger partial charge on any atom is 0.251 e. The molecule has 5 heteroatoms. The zero-order valence-electron chi connectivity index (χ0n) is 10.7. The topological polar surface area (TPSA) is 29.1 Å². The fourth-order valence-electron chi connectivity index (χ4n) is 1.87. The van der Waals surface area contributed by atoms with Gasteiger partial charge in [-0.3, -0.25) is 4.79 Å². The van der Waals surface area contributed by atoms with E-state index in [2.05, 4.69) is 37.2 Å². The molecular formula is C15H12Br2ClNO. The molecule has 1 N–H and O–H groups in total. The van der Waals surface area contributed by atoms with E-state index >= 15 is 0 Å². The number of hydrogen-bond acceptors (Lipinski definition) is 1. The van der Waals surface area contributed by atoms with Gasteiger partial charge >= 0.3 is 0 Å². The largest absolute Gasteiger partial charge is 0.345 e. The lowest BCUT2D eigenvalue weighted by Gasteiger charge is -2.16. The van der Waals surface area contributed by atoms with Gasteiger partial charge in [-0.15, -0.1) is 0 Å². The number of amides is 1. The zero-order valence-corrected chi connectivity index (χ0v) is 14.6. The predicted molar refractivity (Wildman–Crippen MR) is 89.2 cm³/mol. The van der Waals surface area contributed by atoms with Gasteiger partial charge in [0, 0.05) is 19.5 Å². The van der Waals surface area contributed by atoms with Crippen molar-refractivity contribution in [2.24, 2.45) is 0 Å². The number of halogens is 3. The van der Waals surface area contributed by atoms with E-state index in [1.807, 2.05) is 37.3 Å². The summed E-state index contributed by atoms with van der Waals surface area (Å²) in [7, 11) is 0. The summed E-state index contributed by atoms with van der Waals surface area (Å²) < 4.78 is 1.70. The van der Waals surface area contributed by atoms with Crippen LogP contribution in [0.2, 0.25) is 5.02 Å². The average Bonchev–Trinajstić information content (AvgIpc) is 2.37. The molecule has 0 aliphatic rings. The van der Waals surface area contributed by atoms with Crippen LogP contribution < -0.4 is 5.32 Å². The Hall–Kier alpha value is -0.840. The van der Waals surface area contributed by atoms with Crippen LogP contribution in [0.5, 0.6) is 0 Å². The number of nitrogens with one attached hydrogen (secondary N) is 1. The molecule has 1 amide bonds. The first kappa shape index (κ1) is 15.5. The van der Waals surface area contributed by atoms with Crippen LogP contribution in [0.4, 0.5) is 0 Å². The van der Waals surface area contributed by atoms with E-state index in [0.717, 1.165) is 14.5 Å². The van der Waals surface area contributed by atoms with E-state index in [1.54, 1.807) is 12.1 Å². The van der Waals surface area contributed by atoms with Gasteiger partial charge in [0.2, 0.25) is 0 Å². The molecule has 0 aliphatic carbocycles. The van der Waals surface area contributed by atoms with Crippen molar-refractivity contribution >= 4 is 49.4 Å². The molecule has 0 spiro atoms. The summed E-state index contributed by atoms with van der Waals surface area (Å²) in [5.41, 5.74) is 1.49. The summed E-state index contributed by atoms with van der Waals surface area (Å²) in [4.78, 5) is 12.2. The van der Waals surface area contributed by atoms with Crippen molar-refractivity contribution in [1.29, 1.82) is 0 Å². The molecular weight excluding hydrogens is 405 g/mol. The first-order valence-electron chi connectivity index (χ1n) is 5.99. The highest BCUT2D eigenvalue weighted by Gasteiger charge is 2.14. The molecule has 2 nitrogen and oxygen atoms in total. The van der Waals surface area contributed by atoms with E-state index in [-0.39, 0.29) is 11.9 Å². The van der Waals surface area contributed by atoms with Gasteiger partial charge in [-0.1, -0.05) is 61.7 Å². The molecule has 0 bridgehead atoms. The second-order valence-electron chi connectivity index (χ2n) is 4.37. The molecule has 0 radical (unpaired) electrons. The summed E-state index contributed by atoms with van der Waals surface area (Å²) in [6.07, 6.45) is 0. The lowest BCUT2D eigenvalue weighted by atomic mass is 10.1. The van der Waals surface area contributed by atoms with Gasteiger partial charge in [-0.25, -0.2) is 0 Å². The monoisotopic (exact) mass is 415 g/mol. The second kappa shape index (κ2) is 6.74. The van der Waals surface area contributed by atoms with Crippen molar-refractivity contribution in [2.45, 2.75) is 13.0 Å². The molecule has 104 valence electrons. The van der Waals surface area contributed by atoms with Crippen LogP contribution in [0.15, 0.2) is 51.4 Å². The Labute approximate surface area is 139 Å². The Bertz CT molecular complexity index is 625. The number of carbonyl (C=O) groups excluding carboxylic acids is 1. The molecule has 0 saturated heterocycles. The van der Waals surface area contributed by atoms with Crippen LogP contribution in [0.25, 0.3) is 0 Å². The van der Waals surface area contributed by atoms with Gasteiger partial charge in [0.1, 0.15) is 0 Å². The van der Waals surface area contributed by atoms with E-state index in [4.69, 9.17) is 11.6 Å². The third-order valence-corrected chi connectivity index (χ3v) is 4.10. The number of carbonyl (C=O) groups is 1. The van der Waals surface area contributed by atoms with Gasteiger partial charge < -0.3 is 5.32 Å². The number of rotatable bonds is 3. The lowest BCUT2D eigenvalue weighted by molar-refractivity contribution is 0.0940. The summed E-state index contributed by atoms with van der Waals surface area (Å²) in [6, 6.07) is 12.8. The van der Waals surface area contributed by atoms with E-state index in [0.29, 0.717) is 10.6 Å². The molecule has 0 fully saturated rings. The minimum atomic E-state index is -0.158. The van der Waals surface area contributed by atoms with E-state index < -0.39 is 0 Å². The van der Waals surface area contributed by atoms with Crippen molar-refractivity contribution in [1.82, 2.24) is 5.32 Å². The van der Waals surface area contributed by atoms with Crippen LogP contribution in [0.1, 0.15) is 28.9 Å². The van der Waals surface area contributed by atoms with Crippen molar-refractivity contribution < 1.29 is 4.79 Å². The summed E-state index contributed by atoms with van der Waals surface area (Å²) >= 11 is 12.9. The second-order valence-corrected chi connectivity index (χ2v) is 6.61. The highest BCUT2D eigenvalue weighted by atomic mass is 79.9. The Balaban J connectivity index is 2.17. The maximum atomic E-state index is 12.2. The highest BCUT2D eigenvalue weighted by Crippen LogP contribution is 2.24. The fraction of sp³-hybridized carbons (Fsp3) is 0.133. The fourth-order valence-corrected chi connectivity index (χ4v) is 3.46. The van der Waals surface area contributed by atoms with Gasteiger partial charge in [-0.05, 0) is 36.8 Å². The van der Waals surface area contributed by atoms with Crippen molar-refractivity contribution in [3.05, 3.63) is 67.6 Å². The Kier molecular flexibility index (Phi) is 5.24. The molecule has 1 unspecified atom stereocenters. The molecule has 0 aromatic heterocycles. The van der Waals surface area contributed by atoms with Crippen molar-refractivity contribution in [3.63, 3.8) is 0 Å². The summed E-state index contributed by atoms with van der Waals surface area (Å²) in [5.74, 6) is -0.139. The van der Waals surface area contributed by atoms with Crippen LogP contribution in [-0.4, -0.2) is 5.91 Å². The van der Waals surface area contributed by atoms with Crippen LogP contribution in [0.3, 0.4) is 0 Å². The quantitative estimate of drug-likeness (QED) is 0.716. The Morgan fingerprint density at radius 3 is 2.35 bits per heavy atom. The SMILES string of the molecule is CC(NC(=O)c1cc(Br)cc(Br)c1)c1ccccc1Cl. The van der Waals surface area contributed by atoms with Crippen molar-refractivity contribution in [3.8, 4) is 0 Å². The van der Waals surface area contributed by atoms with Crippen LogP contribution >= 0.6 is 43.5 Å². The van der Waals surface area contributed by atoms with E-state index in [9.17, 15) is 4.79 Å². The highest BCUT2D eigenvalue weighted by molar-refractivity contribution is 9.11. The Morgan fingerprint density at radius 2 is 1.75 bits per heavy atom. The molecule has 20 heavy (non-hydrogen) atoms. The summed E-state index contributed by atoms with van der Waals surface area (Å²) in [6.45, 7) is 1.91. The lowest BCUT2D eigenvalue weighted by Crippen LogP contribution is -2.26. The predicted octanol–water partition coefficient (Wildman–Crippen LogP) is 5.36. The average molecular weight is 418 g/mol. The maximum absolute atomic E-state index is 12.2.